The molecule has 0 spiro atoms. The second kappa shape index (κ2) is 7.78. The van der Waals surface area contributed by atoms with Gasteiger partial charge in [-0.25, -0.2) is 0 Å². The van der Waals surface area contributed by atoms with Gasteiger partial charge in [0.25, 0.3) is 0 Å². The number of carbonyl (C=O) groups is 1. The highest BCUT2D eigenvalue weighted by Crippen LogP contribution is 2.26. The molecule has 0 aromatic heterocycles. The summed E-state index contributed by atoms with van der Waals surface area (Å²) in [4.78, 5) is 14.1. The van der Waals surface area contributed by atoms with Crippen molar-refractivity contribution in [3.05, 3.63) is 0 Å². The number of rotatable bonds is 7. The molecule has 0 aromatic carbocycles. The Morgan fingerprint density at radius 1 is 1.22 bits per heavy atom. The van der Waals surface area contributed by atoms with Crippen molar-refractivity contribution >= 4 is 5.91 Å². The van der Waals surface area contributed by atoms with Gasteiger partial charge in [0.1, 0.15) is 0 Å². The van der Waals surface area contributed by atoms with E-state index in [1.165, 1.54) is 0 Å². The molecule has 0 rings (SSSR count). The van der Waals surface area contributed by atoms with Crippen LogP contribution in [0, 0.1) is 17.3 Å². The van der Waals surface area contributed by atoms with Gasteiger partial charge in [-0.15, -0.1) is 0 Å². The van der Waals surface area contributed by atoms with Gasteiger partial charge in [-0.2, -0.15) is 0 Å². The average molecular weight is 256 g/mol. The molecule has 0 bridgehead atoms. The van der Waals surface area contributed by atoms with Crippen molar-refractivity contribution in [2.45, 2.75) is 54.4 Å². The molecule has 0 aromatic rings. The lowest BCUT2D eigenvalue weighted by atomic mass is 9.84. The van der Waals surface area contributed by atoms with Gasteiger partial charge in [-0.05, 0) is 37.1 Å². The summed E-state index contributed by atoms with van der Waals surface area (Å²) in [6.45, 7) is 15.2. The van der Waals surface area contributed by atoms with Crippen LogP contribution in [0.3, 0.4) is 0 Å². The molecule has 108 valence electrons. The Morgan fingerprint density at radius 2 is 1.78 bits per heavy atom. The van der Waals surface area contributed by atoms with Crippen molar-refractivity contribution in [1.29, 1.82) is 0 Å². The molecule has 0 saturated heterocycles. The number of hydrogen-bond donors (Lipinski definition) is 1. The molecule has 3 heteroatoms. The lowest BCUT2D eigenvalue weighted by Gasteiger charge is -2.27. The summed E-state index contributed by atoms with van der Waals surface area (Å²) in [6.07, 6.45) is 1.74. The molecule has 0 saturated carbocycles. The molecule has 18 heavy (non-hydrogen) atoms. The summed E-state index contributed by atoms with van der Waals surface area (Å²) in [5, 5.41) is 0. The molecule has 0 aliphatic rings. The Labute approximate surface area is 113 Å². The first kappa shape index (κ1) is 17.4. The normalized spacial score (nSPS) is 15.3. The van der Waals surface area contributed by atoms with Crippen molar-refractivity contribution in [3.63, 3.8) is 0 Å². The first-order valence-corrected chi connectivity index (χ1v) is 7.17. The van der Waals surface area contributed by atoms with Crippen molar-refractivity contribution < 1.29 is 4.79 Å². The Balaban J connectivity index is 4.27. The van der Waals surface area contributed by atoms with E-state index >= 15 is 0 Å². The van der Waals surface area contributed by atoms with Gasteiger partial charge in [0, 0.05) is 19.5 Å². The van der Waals surface area contributed by atoms with Crippen molar-refractivity contribution in [2.75, 3.05) is 19.6 Å². The molecule has 0 aliphatic carbocycles. The highest BCUT2D eigenvalue weighted by atomic mass is 16.2. The van der Waals surface area contributed by atoms with Gasteiger partial charge >= 0.3 is 0 Å². The zero-order chi connectivity index (χ0) is 14.3. The van der Waals surface area contributed by atoms with Crippen molar-refractivity contribution in [2.24, 2.45) is 23.0 Å². The van der Waals surface area contributed by atoms with E-state index in [2.05, 4.69) is 34.6 Å². The van der Waals surface area contributed by atoms with Gasteiger partial charge in [-0.3, -0.25) is 4.79 Å². The lowest BCUT2D eigenvalue weighted by Crippen LogP contribution is -2.37. The third-order valence-corrected chi connectivity index (χ3v) is 3.15. The van der Waals surface area contributed by atoms with Crippen LogP contribution < -0.4 is 5.73 Å². The Morgan fingerprint density at radius 3 is 2.17 bits per heavy atom. The van der Waals surface area contributed by atoms with E-state index in [9.17, 15) is 4.79 Å². The molecule has 1 amide bonds. The van der Waals surface area contributed by atoms with E-state index in [0.29, 0.717) is 30.2 Å². The molecule has 0 heterocycles. The maximum atomic E-state index is 12.2. The van der Waals surface area contributed by atoms with Crippen LogP contribution in [-0.2, 0) is 4.79 Å². The predicted octanol–water partition coefficient (Wildman–Crippen LogP) is 2.89. The molecule has 3 nitrogen and oxygen atoms in total. The summed E-state index contributed by atoms with van der Waals surface area (Å²) in [5.41, 5.74) is 5.91. The maximum absolute atomic E-state index is 12.2. The second-order valence-electron chi connectivity index (χ2n) is 6.85. The average Bonchev–Trinajstić information content (AvgIpc) is 2.22. The van der Waals surface area contributed by atoms with Gasteiger partial charge in [0.2, 0.25) is 5.91 Å². The minimum absolute atomic E-state index is 0.273. The van der Waals surface area contributed by atoms with Crippen LogP contribution in [0.2, 0.25) is 0 Å². The monoisotopic (exact) mass is 256 g/mol. The summed E-state index contributed by atoms with van der Waals surface area (Å²) in [7, 11) is 0. The molecule has 0 aliphatic heterocycles. The van der Waals surface area contributed by atoms with Crippen molar-refractivity contribution in [1.82, 2.24) is 4.90 Å². The van der Waals surface area contributed by atoms with E-state index in [1.807, 2.05) is 11.8 Å². The first-order chi connectivity index (χ1) is 8.19. The van der Waals surface area contributed by atoms with Crippen LogP contribution >= 0.6 is 0 Å². The Bertz CT molecular complexity index is 245. The minimum Gasteiger partial charge on any atom is -0.343 e. The van der Waals surface area contributed by atoms with Gasteiger partial charge in [-0.1, -0.05) is 34.6 Å². The van der Waals surface area contributed by atoms with Gasteiger partial charge in [0.15, 0.2) is 0 Å². The van der Waals surface area contributed by atoms with Crippen LogP contribution in [0.25, 0.3) is 0 Å². The summed E-state index contributed by atoms with van der Waals surface area (Å²) < 4.78 is 0. The van der Waals surface area contributed by atoms with Crippen LogP contribution in [0.4, 0.5) is 0 Å². The van der Waals surface area contributed by atoms with Gasteiger partial charge in [0.05, 0.1) is 0 Å². The van der Waals surface area contributed by atoms with Crippen LogP contribution in [-0.4, -0.2) is 30.4 Å². The highest BCUT2D eigenvalue weighted by molar-refractivity contribution is 5.76. The fourth-order valence-corrected chi connectivity index (χ4v) is 2.40. The summed E-state index contributed by atoms with van der Waals surface area (Å²) in [6, 6.07) is 0. The van der Waals surface area contributed by atoms with Crippen molar-refractivity contribution in [3.8, 4) is 0 Å². The number of hydrogen-bond acceptors (Lipinski definition) is 2. The lowest BCUT2D eigenvalue weighted by molar-refractivity contribution is -0.132. The predicted molar refractivity (Wildman–Crippen MR) is 78.3 cm³/mol. The number of carbonyl (C=O) groups excluding carboxylic acids is 1. The third kappa shape index (κ3) is 7.70. The fourth-order valence-electron chi connectivity index (χ4n) is 2.40. The van der Waals surface area contributed by atoms with E-state index in [-0.39, 0.29) is 5.91 Å². The van der Waals surface area contributed by atoms with Gasteiger partial charge < -0.3 is 10.6 Å². The van der Waals surface area contributed by atoms with Crippen LogP contribution in [0.15, 0.2) is 0 Å². The molecule has 0 fully saturated rings. The largest absolute Gasteiger partial charge is 0.343 e. The Hall–Kier alpha value is -0.570. The Kier molecular flexibility index (Phi) is 7.53. The van der Waals surface area contributed by atoms with E-state index in [4.69, 9.17) is 5.73 Å². The number of amides is 1. The summed E-state index contributed by atoms with van der Waals surface area (Å²) >= 11 is 0. The minimum atomic E-state index is 0.273. The third-order valence-electron chi connectivity index (χ3n) is 3.15. The van der Waals surface area contributed by atoms with E-state index in [0.717, 1.165) is 19.5 Å². The molecule has 2 unspecified atom stereocenters. The topological polar surface area (TPSA) is 46.3 Å². The highest BCUT2D eigenvalue weighted by Gasteiger charge is 2.21. The zero-order valence-corrected chi connectivity index (χ0v) is 13.1. The molecule has 0 radical (unpaired) electrons. The first-order valence-electron chi connectivity index (χ1n) is 7.17. The van der Waals surface area contributed by atoms with Crippen LogP contribution in [0.5, 0.6) is 0 Å². The maximum Gasteiger partial charge on any atom is 0.222 e. The van der Waals surface area contributed by atoms with E-state index < -0.39 is 0 Å². The molecule has 2 N–H and O–H groups in total. The number of nitrogens with two attached hydrogens (primary N) is 1. The fraction of sp³-hybridized carbons (Fsp3) is 0.933. The second-order valence-corrected chi connectivity index (χ2v) is 6.85. The van der Waals surface area contributed by atoms with Crippen LogP contribution in [0.1, 0.15) is 54.4 Å². The molecular weight excluding hydrogens is 224 g/mol. The molecular formula is C15H32N2O. The van der Waals surface area contributed by atoms with E-state index in [1.54, 1.807) is 0 Å². The molecule has 2 atom stereocenters. The quantitative estimate of drug-likeness (QED) is 0.761. The summed E-state index contributed by atoms with van der Waals surface area (Å²) in [5.74, 6) is 1.10. The standard InChI is InChI=1S/C15H32N2O/c1-7-17(11-13(3)10-16)14(18)8-12(2)9-15(4,5)6/h12-13H,7-11,16H2,1-6H3. The zero-order valence-electron chi connectivity index (χ0n) is 13.1. The number of nitrogens with zero attached hydrogens (tertiary/aromatic N) is 1. The SMILES string of the molecule is CCN(CC(C)CN)C(=O)CC(C)CC(C)(C)C. The smallest absolute Gasteiger partial charge is 0.222 e.